The van der Waals surface area contributed by atoms with Crippen molar-refractivity contribution >= 4 is 28.7 Å². The largest absolute Gasteiger partial charge is 0.421 e. The molecular weight excluding hydrogens is 428 g/mol. The Morgan fingerprint density at radius 1 is 1.16 bits per heavy atom. The maximum Gasteiger partial charge on any atom is 0.343 e. The van der Waals surface area contributed by atoms with Gasteiger partial charge in [-0.05, 0) is 54.5 Å². The Hall–Kier alpha value is -2.71. The Kier molecular flexibility index (Phi) is 8.04. The van der Waals surface area contributed by atoms with E-state index in [-0.39, 0.29) is 30.2 Å². The smallest absolute Gasteiger partial charge is 0.343 e. The van der Waals surface area contributed by atoms with Gasteiger partial charge in [0.15, 0.2) is 5.75 Å². The number of rotatable bonds is 10. The van der Waals surface area contributed by atoms with Crippen LogP contribution >= 0.6 is 0 Å². The summed E-state index contributed by atoms with van der Waals surface area (Å²) in [6, 6.07) is 14.1. The molecule has 0 saturated carbocycles. The van der Waals surface area contributed by atoms with E-state index < -0.39 is 17.1 Å². The molecule has 2 aromatic carbocycles. The van der Waals surface area contributed by atoms with Crippen LogP contribution in [0.25, 0.3) is 0 Å². The number of unbranched alkanes of at least 4 members (excludes halogenated alkanes) is 2. The number of benzene rings is 2. The van der Waals surface area contributed by atoms with E-state index >= 15 is 0 Å². The number of anilines is 1. The van der Waals surface area contributed by atoms with Crippen LogP contribution in [0.5, 0.6) is 5.75 Å². The van der Waals surface area contributed by atoms with Gasteiger partial charge in [0.25, 0.3) is 5.91 Å². The lowest BCUT2D eigenvalue weighted by atomic mass is 9.88. The third-order valence-corrected chi connectivity index (χ3v) is 6.57. The number of carbonyl (C=O) groups is 2. The molecule has 1 saturated heterocycles. The van der Waals surface area contributed by atoms with Crippen molar-refractivity contribution < 1.29 is 23.6 Å². The lowest BCUT2D eigenvalue weighted by Gasteiger charge is -2.21. The molecule has 1 fully saturated rings. The average Bonchev–Trinajstić information content (AvgIpc) is 3.12. The third kappa shape index (κ3) is 6.40. The highest BCUT2D eigenvalue weighted by atomic mass is 32.2. The van der Waals surface area contributed by atoms with Gasteiger partial charge < -0.3 is 9.84 Å². The Morgan fingerprint density at radius 3 is 2.56 bits per heavy atom. The molecule has 2 N–H and O–H groups in total. The van der Waals surface area contributed by atoms with Gasteiger partial charge in [0, 0.05) is 6.61 Å². The lowest BCUT2D eigenvalue weighted by molar-refractivity contribution is -0.117. The lowest BCUT2D eigenvalue weighted by Crippen LogP contribution is -2.24. The fourth-order valence-electron chi connectivity index (χ4n) is 3.47. The number of nitrogens with one attached hydrogen (secondary N) is 1. The van der Waals surface area contributed by atoms with E-state index in [0.29, 0.717) is 11.3 Å². The summed E-state index contributed by atoms with van der Waals surface area (Å²) in [4.78, 5) is 24.3. The van der Waals surface area contributed by atoms with Crippen LogP contribution in [0.2, 0.25) is 0 Å². The summed E-state index contributed by atoms with van der Waals surface area (Å²) in [5.74, 6) is -0.604. The molecule has 2 aromatic rings. The van der Waals surface area contributed by atoms with E-state index in [4.69, 9.17) is 4.74 Å². The molecule has 0 aliphatic carbocycles. The van der Waals surface area contributed by atoms with Gasteiger partial charge in [-0.15, -0.1) is 0 Å². The summed E-state index contributed by atoms with van der Waals surface area (Å²) in [5, 5.41) is 9.37. The standard InChI is InChI=1S/C24H30N2O5S/c1-24(2,17-27)14-8-4-5-9-18-12-13-21(31-23(29)19-10-6-3-7-11-19)20(15-18)26-16-22(28)25-32(26)30/h3,6-7,10-13,15,27H,4-5,8-9,14,16-17H2,1-2H3,(H,25,28). The van der Waals surface area contributed by atoms with E-state index in [2.05, 4.69) is 18.6 Å². The molecule has 0 bridgehead atoms. The number of ether oxygens (including phenoxy) is 1. The molecule has 0 aromatic heterocycles. The van der Waals surface area contributed by atoms with E-state index in [1.54, 1.807) is 30.3 Å². The molecule has 1 heterocycles. The Morgan fingerprint density at radius 2 is 1.91 bits per heavy atom. The van der Waals surface area contributed by atoms with Gasteiger partial charge in [0.05, 0.1) is 11.3 Å². The van der Waals surface area contributed by atoms with Crippen LogP contribution in [0, 0.1) is 5.41 Å². The van der Waals surface area contributed by atoms with E-state index in [0.717, 1.165) is 37.7 Å². The zero-order chi connectivity index (χ0) is 23.1. The first-order valence-corrected chi connectivity index (χ1v) is 11.9. The van der Waals surface area contributed by atoms with Crippen LogP contribution < -0.4 is 13.8 Å². The summed E-state index contributed by atoms with van der Waals surface area (Å²) in [7, 11) is 0. The summed E-state index contributed by atoms with van der Waals surface area (Å²) in [6.45, 7) is 4.22. The molecule has 1 unspecified atom stereocenters. The summed E-state index contributed by atoms with van der Waals surface area (Å²) >= 11 is -1.72. The minimum atomic E-state index is -1.72. The molecule has 3 rings (SSSR count). The van der Waals surface area contributed by atoms with Crippen LogP contribution in [0.4, 0.5) is 5.69 Å². The first-order chi connectivity index (χ1) is 15.3. The Bertz CT molecular complexity index is 978. The maximum absolute atomic E-state index is 12.5. The van der Waals surface area contributed by atoms with E-state index in [1.807, 2.05) is 18.2 Å². The number of amides is 1. The molecule has 1 aliphatic rings. The van der Waals surface area contributed by atoms with Gasteiger partial charge in [-0.3, -0.25) is 13.8 Å². The van der Waals surface area contributed by atoms with Crippen molar-refractivity contribution in [3.8, 4) is 5.75 Å². The summed E-state index contributed by atoms with van der Waals surface area (Å²) in [5.41, 5.74) is 1.81. The van der Waals surface area contributed by atoms with Crippen molar-refractivity contribution in [3.05, 3.63) is 59.7 Å². The van der Waals surface area contributed by atoms with Crippen molar-refractivity contribution in [3.63, 3.8) is 0 Å². The summed E-state index contributed by atoms with van der Waals surface area (Å²) < 4.78 is 21.7. The molecule has 7 nitrogen and oxygen atoms in total. The van der Waals surface area contributed by atoms with Gasteiger partial charge >= 0.3 is 5.97 Å². The predicted octanol–water partition coefficient (Wildman–Crippen LogP) is 3.54. The normalized spacial score (nSPS) is 16.2. The van der Waals surface area contributed by atoms with Crippen molar-refractivity contribution in [2.24, 2.45) is 5.41 Å². The first-order valence-electron chi connectivity index (χ1n) is 10.8. The zero-order valence-electron chi connectivity index (χ0n) is 18.5. The van der Waals surface area contributed by atoms with Crippen LogP contribution in [0.15, 0.2) is 48.5 Å². The molecule has 1 aliphatic heterocycles. The number of aliphatic hydroxyl groups excluding tert-OH is 1. The zero-order valence-corrected chi connectivity index (χ0v) is 19.3. The number of aryl methyl sites for hydroxylation is 1. The van der Waals surface area contributed by atoms with E-state index in [9.17, 15) is 18.9 Å². The fourth-order valence-corrected chi connectivity index (χ4v) is 4.39. The number of hydrogen-bond donors (Lipinski definition) is 2. The quantitative estimate of drug-likeness (QED) is 0.323. The van der Waals surface area contributed by atoms with Crippen LogP contribution in [-0.4, -0.2) is 34.3 Å². The van der Waals surface area contributed by atoms with Gasteiger partial charge in [-0.25, -0.2) is 9.00 Å². The minimum absolute atomic E-state index is 0.0587. The fraction of sp³-hybridized carbons (Fsp3) is 0.417. The van der Waals surface area contributed by atoms with Crippen molar-refractivity contribution in [2.45, 2.75) is 46.0 Å². The number of hydrogen-bond acceptors (Lipinski definition) is 5. The second-order valence-corrected chi connectivity index (χ2v) is 9.89. The maximum atomic E-state index is 12.5. The molecule has 32 heavy (non-hydrogen) atoms. The van der Waals surface area contributed by atoms with E-state index in [1.165, 1.54) is 4.31 Å². The molecule has 8 heteroatoms. The number of carbonyl (C=O) groups excluding carboxylic acids is 2. The monoisotopic (exact) mass is 458 g/mol. The SMILES string of the molecule is CC(C)(CO)CCCCCc1ccc(OC(=O)c2ccccc2)c(N2CC(=O)NS2=O)c1. The minimum Gasteiger partial charge on any atom is -0.421 e. The highest BCUT2D eigenvalue weighted by Crippen LogP contribution is 2.33. The van der Waals surface area contributed by atoms with Crippen molar-refractivity contribution in [2.75, 3.05) is 17.5 Å². The number of esters is 1. The average molecular weight is 459 g/mol. The highest BCUT2D eigenvalue weighted by Gasteiger charge is 2.30. The highest BCUT2D eigenvalue weighted by molar-refractivity contribution is 7.85. The Balaban J connectivity index is 1.72. The Labute approximate surface area is 191 Å². The first kappa shape index (κ1) is 23.9. The molecule has 1 atom stereocenters. The van der Waals surface area contributed by atoms with Gasteiger partial charge in [-0.1, -0.05) is 51.0 Å². The van der Waals surface area contributed by atoms with Crippen LogP contribution in [0.3, 0.4) is 0 Å². The molecule has 1 amide bonds. The molecular formula is C24H30N2O5S. The number of aliphatic hydroxyl groups is 1. The molecule has 0 radical (unpaired) electrons. The second kappa shape index (κ2) is 10.7. The molecule has 172 valence electrons. The number of nitrogens with zero attached hydrogens (tertiary/aromatic N) is 1. The predicted molar refractivity (Wildman–Crippen MR) is 125 cm³/mol. The summed E-state index contributed by atoms with van der Waals surface area (Å²) in [6.07, 6.45) is 4.79. The van der Waals surface area contributed by atoms with Crippen molar-refractivity contribution in [1.29, 1.82) is 0 Å². The van der Waals surface area contributed by atoms with Gasteiger partial charge in [-0.2, -0.15) is 0 Å². The topological polar surface area (TPSA) is 95.9 Å². The van der Waals surface area contributed by atoms with Crippen molar-refractivity contribution in [1.82, 2.24) is 4.72 Å². The van der Waals surface area contributed by atoms with Gasteiger partial charge in [0.1, 0.15) is 6.54 Å². The van der Waals surface area contributed by atoms with Gasteiger partial charge in [0.2, 0.25) is 11.2 Å². The second-order valence-electron chi connectivity index (χ2n) is 8.75. The molecule has 0 spiro atoms. The van der Waals surface area contributed by atoms with Crippen LogP contribution in [-0.2, 0) is 22.4 Å². The third-order valence-electron chi connectivity index (χ3n) is 5.44. The van der Waals surface area contributed by atoms with Crippen LogP contribution in [0.1, 0.15) is 55.5 Å².